The van der Waals surface area contributed by atoms with E-state index in [2.05, 4.69) is 23.3 Å². The van der Waals surface area contributed by atoms with E-state index >= 15 is 0 Å². The molecule has 0 saturated carbocycles. The molecule has 1 atom stereocenters. The van der Waals surface area contributed by atoms with Gasteiger partial charge in [0.25, 0.3) is 0 Å². The smallest absolute Gasteiger partial charge is 0.0365 e. The van der Waals surface area contributed by atoms with Crippen LogP contribution in [0.2, 0.25) is 0 Å². The standard InChI is InChI=1S/C7H10N2/c1-5-6-2-3-8-7(6)4-9-5/h2-3,5,8-9H,4H2,1H3. The van der Waals surface area contributed by atoms with Crippen LogP contribution < -0.4 is 5.32 Å². The van der Waals surface area contributed by atoms with E-state index in [0.29, 0.717) is 6.04 Å². The Bertz CT molecular complexity index is 214. The zero-order chi connectivity index (χ0) is 6.27. The maximum Gasteiger partial charge on any atom is 0.0365 e. The van der Waals surface area contributed by atoms with Crippen LogP contribution in [0.15, 0.2) is 12.3 Å². The number of rotatable bonds is 0. The average Bonchev–Trinajstić information content (AvgIpc) is 2.35. The minimum absolute atomic E-state index is 0.547. The molecule has 2 rings (SSSR count). The van der Waals surface area contributed by atoms with E-state index in [4.69, 9.17) is 0 Å². The highest BCUT2D eigenvalue weighted by molar-refractivity contribution is 5.27. The van der Waals surface area contributed by atoms with Gasteiger partial charge in [-0.15, -0.1) is 0 Å². The summed E-state index contributed by atoms with van der Waals surface area (Å²) < 4.78 is 0. The van der Waals surface area contributed by atoms with Crippen LogP contribution in [-0.4, -0.2) is 4.98 Å². The Morgan fingerprint density at radius 2 is 2.56 bits per heavy atom. The number of hydrogen-bond donors (Lipinski definition) is 2. The first-order valence-electron chi connectivity index (χ1n) is 3.27. The second kappa shape index (κ2) is 1.61. The van der Waals surface area contributed by atoms with Crippen LogP contribution >= 0.6 is 0 Å². The monoisotopic (exact) mass is 122 g/mol. The molecule has 1 aromatic heterocycles. The number of H-pyrrole nitrogens is 1. The lowest BCUT2D eigenvalue weighted by Crippen LogP contribution is -2.07. The summed E-state index contributed by atoms with van der Waals surface area (Å²) >= 11 is 0. The maximum absolute atomic E-state index is 3.33. The van der Waals surface area contributed by atoms with Crippen LogP contribution in [0.5, 0.6) is 0 Å². The molecule has 2 N–H and O–H groups in total. The molecule has 2 heterocycles. The summed E-state index contributed by atoms with van der Waals surface area (Å²) in [5.41, 5.74) is 2.78. The third kappa shape index (κ3) is 0.598. The fourth-order valence-electron chi connectivity index (χ4n) is 1.34. The molecule has 1 aliphatic heterocycles. The van der Waals surface area contributed by atoms with Crippen molar-refractivity contribution >= 4 is 0 Å². The Balaban J connectivity index is 2.49. The van der Waals surface area contributed by atoms with E-state index in [1.54, 1.807) is 0 Å². The van der Waals surface area contributed by atoms with Crippen molar-refractivity contribution in [1.82, 2.24) is 10.3 Å². The topological polar surface area (TPSA) is 27.8 Å². The van der Waals surface area contributed by atoms with Gasteiger partial charge in [0, 0.05) is 24.5 Å². The third-order valence-electron chi connectivity index (χ3n) is 1.92. The van der Waals surface area contributed by atoms with Gasteiger partial charge in [-0.2, -0.15) is 0 Å². The van der Waals surface area contributed by atoms with Gasteiger partial charge in [-0.1, -0.05) is 0 Å². The normalized spacial score (nSPS) is 24.3. The van der Waals surface area contributed by atoms with Gasteiger partial charge in [0.2, 0.25) is 0 Å². The van der Waals surface area contributed by atoms with E-state index in [9.17, 15) is 0 Å². The first-order chi connectivity index (χ1) is 4.38. The molecular weight excluding hydrogens is 112 g/mol. The summed E-state index contributed by atoms with van der Waals surface area (Å²) in [6, 6.07) is 2.69. The van der Waals surface area contributed by atoms with Gasteiger partial charge >= 0.3 is 0 Å². The van der Waals surface area contributed by atoms with Crippen LogP contribution in [0.4, 0.5) is 0 Å². The van der Waals surface area contributed by atoms with E-state index < -0.39 is 0 Å². The Morgan fingerprint density at radius 3 is 3.33 bits per heavy atom. The van der Waals surface area contributed by atoms with Crippen molar-refractivity contribution in [1.29, 1.82) is 0 Å². The highest BCUT2D eigenvalue weighted by atomic mass is 15.0. The third-order valence-corrected chi connectivity index (χ3v) is 1.92. The van der Waals surface area contributed by atoms with Crippen molar-refractivity contribution in [2.75, 3.05) is 0 Å². The number of hydrogen-bond acceptors (Lipinski definition) is 1. The lowest BCUT2D eigenvalue weighted by Gasteiger charge is -1.98. The molecular formula is C7H10N2. The predicted molar refractivity (Wildman–Crippen MR) is 36.0 cm³/mol. The summed E-state index contributed by atoms with van der Waals surface area (Å²) in [6.07, 6.45) is 2.00. The van der Waals surface area contributed by atoms with Crippen molar-refractivity contribution in [3.8, 4) is 0 Å². The second-order valence-electron chi connectivity index (χ2n) is 2.51. The molecule has 1 unspecified atom stereocenters. The zero-order valence-electron chi connectivity index (χ0n) is 5.44. The van der Waals surface area contributed by atoms with Gasteiger partial charge in [0.05, 0.1) is 0 Å². The summed E-state index contributed by atoms with van der Waals surface area (Å²) in [7, 11) is 0. The number of nitrogens with one attached hydrogen (secondary N) is 2. The number of aromatic amines is 1. The number of fused-ring (bicyclic) bond motifs is 1. The van der Waals surface area contributed by atoms with Crippen LogP contribution in [-0.2, 0) is 6.54 Å². The summed E-state index contributed by atoms with van der Waals surface area (Å²) in [5.74, 6) is 0. The Labute approximate surface area is 54.3 Å². The van der Waals surface area contributed by atoms with Crippen molar-refractivity contribution in [3.63, 3.8) is 0 Å². The zero-order valence-corrected chi connectivity index (χ0v) is 5.44. The van der Waals surface area contributed by atoms with Crippen molar-refractivity contribution in [3.05, 3.63) is 23.5 Å². The van der Waals surface area contributed by atoms with Gasteiger partial charge in [0.1, 0.15) is 0 Å². The molecule has 0 fully saturated rings. The van der Waals surface area contributed by atoms with Crippen LogP contribution in [0.25, 0.3) is 0 Å². The number of aromatic nitrogens is 1. The van der Waals surface area contributed by atoms with Crippen molar-refractivity contribution < 1.29 is 0 Å². The Kier molecular flexibility index (Phi) is 0.904. The fraction of sp³-hybridized carbons (Fsp3) is 0.429. The lowest BCUT2D eigenvalue weighted by atomic mass is 10.2. The minimum Gasteiger partial charge on any atom is -0.364 e. The SMILES string of the molecule is CC1NCc2[nH]ccc21. The van der Waals surface area contributed by atoms with E-state index in [0.717, 1.165) is 6.54 Å². The van der Waals surface area contributed by atoms with E-state index in [1.807, 2.05) is 6.20 Å². The molecule has 0 spiro atoms. The summed E-state index contributed by atoms with van der Waals surface area (Å²) in [6.45, 7) is 3.18. The van der Waals surface area contributed by atoms with Gasteiger partial charge in [-0.25, -0.2) is 0 Å². The largest absolute Gasteiger partial charge is 0.364 e. The van der Waals surface area contributed by atoms with Crippen LogP contribution in [0, 0.1) is 0 Å². The first-order valence-corrected chi connectivity index (χ1v) is 3.27. The van der Waals surface area contributed by atoms with Gasteiger partial charge < -0.3 is 10.3 Å². The Hall–Kier alpha value is -0.760. The molecule has 0 saturated heterocycles. The molecule has 0 bridgehead atoms. The lowest BCUT2D eigenvalue weighted by molar-refractivity contribution is 0.629. The van der Waals surface area contributed by atoms with Crippen LogP contribution in [0.1, 0.15) is 24.2 Å². The summed E-state index contributed by atoms with van der Waals surface area (Å²) in [4.78, 5) is 3.19. The van der Waals surface area contributed by atoms with Crippen molar-refractivity contribution in [2.45, 2.75) is 19.5 Å². The molecule has 0 amide bonds. The highest BCUT2D eigenvalue weighted by Crippen LogP contribution is 2.22. The molecule has 2 nitrogen and oxygen atoms in total. The molecule has 9 heavy (non-hydrogen) atoms. The quantitative estimate of drug-likeness (QED) is 0.531. The molecule has 48 valence electrons. The minimum atomic E-state index is 0.547. The molecule has 2 heteroatoms. The van der Waals surface area contributed by atoms with Crippen molar-refractivity contribution in [2.24, 2.45) is 0 Å². The predicted octanol–water partition coefficient (Wildman–Crippen LogP) is 1.18. The van der Waals surface area contributed by atoms with E-state index in [1.165, 1.54) is 11.3 Å². The average molecular weight is 122 g/mol. The molecule has 0 radical (unpaired) electrons. The first kappa shape index (κ1) is 5.06. The van der Waals surface area contributed by atoms with Gasteiger partial charge in [0.15, 0.2) is 0 Å². The molecule has 0 aliphatic carbocycles. The molecule has 1 aliphatic rings. The Morgan fingerprint density at radius 1 is 1.67 bits per heavy atom. The van der Waals surface area contributed by atoms with E-state index in [-0.39, 0.29) is 0 Å². The maximum atomic E-state index is 3.33. The van der Waals surface area contributed by atoms with Crippen LogP contribution in [0.3, 0.4) is 0 Å². The fourth-order valence-corrected chi connectivity index (χ4v) is 1.34. The van der Waals surface area contributed by atoms with Gasteiger partial charge in [-0.3, -0.25) is 0 Å². The highest BCUT2D eigenvalue weighted by Gasteiger charge is 2.17. The van der Waals surface area contributed by atoms with Gasteiger partial charge in [-0.05, 0) is 18.6 Å². The molecule has 1 aromatic rings. The molecule has 0 aromatic carbocycles. The summed E-state index contributed by atoms with van der Waals surface area (Å²) in [5, 5.41) is 3.33. The second-order valence-corrected chi connectivity index (χ2v) is 2.51.